The zero-order valence-corrected chi connectivity index (χ0v) is 9.66. The molecule has 1 aliphatic rings. The summed E-state index contributed by atoms with van der Waals surface area (Å²) < 4.78 is 0. The van der Waals surface area contributed by atoms with Crippen molar-refractivity contribution in [2.75, 3.05) is 6.61 Å². The average molecular weight is 200 g/mol. The maximum atomic E-state index is 9.77. The third-order valence-electron chi connectivity index (χ3n) is 3.67. The van der Waals surface area contributed by atoms with Crippen LogP contribution >= 0.6 is 0 Å². The lowest BCUT2D eigenvalue weighted by molar-refractivity contribution is 0.00907. The van der Waals surface area contributed by atoms with Crippen LogP contribution in [0.5, 0.6) is 0 Å². The zero-order chi connectivity index (χ0) is 10.8. The molecule has 1 fully saturated rings. The molecule has 0 saturated heterocycles. The summed E-state index contributed by atoms with van der Waals surface area (Å²) in [4.78, 5) is 0. The number of aliphatic hydroxyl groups excluding tert-OH is 2. The normalized spacial score (nSPS) is 34.5. The summed E-state index contributed by atoms with van der Waals surface area (Å²) in [6.45, 7) is 7.01. The molecule has 0 aromatic carbocycles. The quantitative estimate of drug-likeness (QED) is 0.717. The molecule has 14 heavy (non-hydrogen) atoms. The van der Waals surface area contributed by atoms with Gasteiger partial charge in [-0.15, -0.1) is 0 Å². The van der Waals surface area contributed by atoms with E-state index >= 15 is 0 Å². The summed E-state index contributed by atoms with van der Waals surface area (Å²) in [7, 11) is 0. The van der Waals surface area contributed by atoms with Crippen LogP contribution in [0.3, 0.4) is 0 Å². The maximum Gasteiger partial charge on any atom is 0.0569 e. The van der Waals surface area contributed by atoms with Crippen LogP contribution < -0.4 is 0 Å². The van der Waals surface area contributed by atoms with Crippen molar-refractivity contribution in [1.29, 1.82) is 0 Å². The predicted molar refractivity (Wildman–Crippen MR) is 58.0 cm³/mol. The Morgan fingerprint density at radius 3 is 2.36 bits per heavy atom. The van der Waals surface area contributed by atoms with Crippen LogP contribution in [0.15, 0.2) is 0 Å². The second-order valence-electron chi connectivity index (χ2n) is 5.72. The minimum atomic E-state index is -0.180. The first-order valence-corrected chi connectivity index (χ1v) is 5.74. The molecular weight excluding hydrogens is 176 g/mol. The average Bonchev–Trinajstić information content (AvgIpc) is 2.07. The molecular formula is C12H24O2. The first-order chi connectivity index (χ1) is 6.45. The maximum absolute atomic E-state index is 9.77. The fraction of sp³-hybridized carbons (Fsp3) is 1.00. The van der Waals surface area contributed by atoms with Gasteiger partial charge in [-0.25, -0.2) is 0 Å². The second-order valence-corrected chi connectivity index (χ2v) is 5.72. The van der Waals surface area contributed by atoms with Gasteiger partial charge in [0.2, 0.25) is 0 Å². The molecule has 2 heteroatoms. The molecule has 0 heterocycles. The molecule has 1 saturated carbocycles. The molecule has 0 aliphatic heterocycles. The Morgan fingerprint density at radius 1 is 1.21 bits per heavy atom. The molecule has 0 radical (unpaired) electrons. The third-order valence-corrected chi connectivity index (χ3v) is 3.67. The van der Waals surface area contributed by atoms with E-state index in [2.05, 4.69) is 20.8 Å². The molecule has 3 unspecified atom stereocenters. The third kappa shape index (κ3) is 2.96. The Morgan fingerprint density at radius 2 is 1.86 bits per heavy atom. The van der Waals surface area contributed by atoms with Crippen molar-refractivity contribution in [2.45, 2.75) is 52.6 Å². The van der Waals surface area contributed by atoms with E-state index in [4.69, 9.17) is 5.11 Å². The summed E-state index contributed by atoms with van der Waals surface area (Å²) >= 11 is 0. The predicted octanol–water partition coefficient (Wildman–Crippen LogP) is 2.19. The van der Waals surface area contributed by atoms with Crippen molar-refractivity contribution < 1.29 is 10.2 Å². The lowest BCUT2D eigenvalue weighted by atomic mass is 9.67. The van der Waals surface area contributed by atoms with E-state index in [0.29, 0.717) is 17.3 Å². The summed E-state index contributed by atoms with van der Waals surface area (Å²) in [6, 6.07) is 0. The van der Waals surface area contributed by atoms with Gasteiger partial charge in [-0.2, -0.15) is 0 Å². The minimum Gasteiger partial charge on any atom is -0.396 e. The van der Waals surface area contributed by atoms with Crippen LogP contribution in [-0.4, -0.2) is 22.9 Å². The highest BCUT2D eigenvalue weighted by Crippen LogP contribution is 2.41. The van der Waals surface area contributed by atoms with Crippen molar-refractivity contribution in [3.63, 3.8) is 0 Å². The van der Waals surface area contributed by atoms with Gasteiger partial charge in [0.15, 0.2) is 0 Å². The monoisotopic (exact) mass is 200 g/mol. The van der Waals surface area contributed by atoms with Gasteiger partial charge < -0.3 is 10.2 Å². The van der Waals surface area contributed by atoms with Crippen molar-refractivity contribution in [3.8, 4) is 0 Å². The SMILES string of the molecule is CC(C)(C)C1CCC(O)C(CCO)C1. The molecule has 2 nitrogen and oxygen atoms in total. The summed E-state index contributed by atoms with van der Waals surface area (Å²) in [5.74, 6) is 1.01. The standard InChI is InChI=1S/C12H24O2/c1-12(2,3)10-4-5-11(14)9(8-10)6-7-13/h9-11,13-14H,4-8H2,1-3H3. The summed E-state index contributed by atoms with van der Waals surface area (Å²) in [6.07, 6.45) is 3.69. The van der Waals surface area contributed by atoms with Gasteiger partial charge in [-0.3, -0.25) is 0 Å². The lowest BCUT2D eigenvalue weighted by Crippen LogP contribution is -2.35. The second kappa shape index (κ2) is 4.63. The molecule has 84 valence electrons. The molecule has 2 N–H and O–H groups in total. The van der Waals surface area contributed by atoms with E-state index in [0.717, 1.165) is 25.7 Å². The molecule has 1 aliphatic carbocycles. The van der Waals surface area contributed by atoms with E-state index < -0.39 is 0 Å². The van der Waals surface area contributed by atoms with Gasteiger partial charge >= 0.3 is 0 Å². The van der Waals surface area contributed by atoms with Crippen molar-refractivity contribution >= 4 is 0 Å². The number of aliphatic hydroxyl groups is 2. The van der Waals surface area contributed by atoms with Crippen molar-refractivity contribution in [1.82, 2.24) is 0 Å². The van der Waals surface area contributed by atoms with Gasteiger partial charge in [0.1, 0.15) is 0 Å². The minimum absolute atomic E-state index is 0.180. The smallest absolute Gasteiger partial charge is 0.0569 e. The van der Waals surface area contributed by atoms with Gasteiger partial charge in [0.25, 0.3) is 0 Å². The van der Waals surface area contributed by atoms with Crippen molar-refractivity contribution in [3.05, 3.63) is 0 Å². The summed E-state index contributed by atoms with van der Waals surface area (Å²) in [5.41, 5.74) is 0.341. The van der Waals surface area contributed by atoms with Gasteiger partial charge in [0.05, 0.1) is 6.10 Å². The zero-order valence-electron chi connectivity index (χ0n) is 9.66. The van der Waals surface area contributed by atoms with E-state index in [1.807, 2.05) is 0 Å². The lowest BCUT2D eigenvalue weighted by Gasteiger charge is -2.40. The van der Waals surface area contributed by atoms with Crippen LogP contribution in [-0.2, 0) is 0 Å². The Hall–Kier alpha value is -0.0800. The van der Waals surface area contributed by atoms with Crippen molar-refractivity contribution in [2.24, 2.45) is 17.3 Å². The van der Waals surface area contributed by atoms with Crippen LogP contribution in [0.1, 0.15) is 46.5 Å². The van der Waals surface area contributed by atoms with Gasteiger partial charge in [-0.05, 0) is 42.9 Å². The van der Waals surface area contributed by atoms with Gasteiger partial charge in [0, 0.05) is 6.61 Å². The highest BCUT2D eigenvalue weighted by Gasteiger charge is 2.34. The first-order valence-electron chi connectivity index (χ1n) is 5.74. The van der Waals surface area contributed by atoms with E-state index in [-0.39, 0.29) is 12.7 Å². The highest BCUT2D eigenvalue weighted by atomic mass is 16.3. The number of hydrogen-bond acceptors (Lipinski definition) is 2. The van der Waals surface area contributed by atoms with Crippen LogP contribution in [0.4, 0.5) is 0 Å². The molecule has 0 amide bonds. The van der Waals surface area contributed by atoms with Crippen LogP contribution in [0.2, 0.25) is 0 Å². The first kappa shape index (κ1) is 12.0. The number of hydrogen-bond donors (Lipinski definition) is 2. The Kier molecular flexibility index (Phi) is 3.96. The summed E-state index contributed by atoms with van der Waals surface area (Å²) in [5, 5.41) is 18.7. The molecule has 1 rings (SSSR count). The molecule has 0 aromatic rings. The van der Waals surface area contributed by atoms with E-state index in [9.17, 15) is 5.11 Å². The molecule has 0 spiro atoms. The molecule has 0 bridgehead atoms. The fourth-order valence-electron chi connectivity index (χ4n) is 2.51. The molecule has 3 atom stereocenters. The van der Waals surface area contributed by atoms with E-state index in [1.54, 1.807) is 0 Å². The van der Waals surface area contributed by atoms with Crippen LogP contribution in [0.25, 0.3) is 0 Å². The molecule has 0 aromatic heterocycles. The Bertz CT molecular complexity index is 172. The largest absolute Gasteiger partial charge is 0.396 e. The Balaban J connectivity index is 2.53. The Labute approximate surface area is 87.3 Å². The van der Waals surface area contributed by atoms with Gasteiger partial charge in [-0.1, -0.05) is 20.8 Å². The highest BCUT2D eigenvalue weighted by molar-refractivity contribution is 4.85. The topological polar surface area (TPSA) is 40.5 Å². The van der Waals surface area contributed by atoms with E-state index in [1.165, 1.54) is 0 Å². The van der Waals surface area contributed by atoms with Crippen LogP contribution in [0, 0.1) is 17.3 Å². The number of rotatable bonds is 2. The fourth-order valence-corrected chi connectivity index (χ4v) is 2.51.